The van der Waals surface area contributed by atoms with Gasteiger partial charge in [0.25, 0.3) is 0 Å². The minimum atomic E-state index is -3.24. The maximum atomic E-state index is 9.24. The van der Waals surface area contributed by atoms with Gasteiger partial charge in [0.2, 0.25) is 0 Å². The summed E-state index contributed by atoms with van der Waals surface area (Å²) in [5.41, 5.74) is 0. The molecule has 0 aromatic rings. The number of hydrogen-bond acceptors (Lipinski definition) is 11. The molecule has 0 bridgehead atoms. The maximum absolute atomic E-state index is 9.24. The molecule has 0 heterocycles. The Kier molecular flexibility index (Phi) is 76.5. The predicted molar refractivity (Wildman–Crippen MR) is 119 cm³/mol. The fourth-order valence-electron chi connectivity index (χ4n) is 2.77. The maximum Gasteiger partial charge on any atom is 1.00 e. The topological polar surface area (TPSA) is 199 Å². The summed E-state index contributed by atoms with van der Waals surface area (Å²) in [6.45, 7) is 2.66. The molecule has 37 heavy (non-hydrogen) atoms. The van der Waals surface area contributed by atoms with Crippen molar-refractivity contribution in [2.24, 2.45) is 0 Å². The van der Waals surface area contributed by atoms with Gasteiger partial charge >= 0.3 is 151 Å². The number of rotatable bonds is 20. The first-order valence-corrected chi connectivity index (χ1v) is 15.6. The Morgan fingerprint density at radius 1 is 0.459 bits per heavy atom. The normalized spacial score (nSPS) is 10.8. The molecule has 0 aliphatic rings. The number of aliphatic hydroxyl groups is 1. The smallest absolute Gasteiger partial charge is 0.563 e. The van der Waals surface area contributed by atoms with E-state index in [0.29, 0.717) is 6.61 Å². The molecule has 0 saturated heterocycles. The van der Waals surface area contributed by atoms with E-state index in [1.807, 2.05) is 0 Å². The molecule has 4 atom stereocenters. The third-order valence-electron chi connectivity index (χ3n) is 4.28. The fourth-order valence-corrected chi connectivity index (χ4v) is 3.64. The van der Waals surface area contributed by atoms with E-state index in [9.17, 15) is 37.8 Å². The van der Waals surface area contributed by atoms with Crippen molar-refractivity contribution in [3.05, 3.63) is 0 Å². The summed E-state index contributed by atoms with van der Waals surface area (Å²) in [6.07, 6.45) is 22.2. The van der Waals surface area contributed by atoms with Crippen molar-refractivity contribution in [1.29, 1.82) is 0 Å². The molecular weight excluding hydrogens is 608 g/mol. The summed E-state index contributed by atoms with van der Waals surface area (Å²) in [5, 5.41) is 8.67. The summed E-state index contributed by atoms with van der Waals surface area (Å²) < 4.78 is 43.3. The van der Waals surface area contributed by atoms with Gasteiger partial charge in [0.1, 0.15) is 8.62 Å². The minimum absolute atomic E-state index is 0. The average Bonchev–Trinajstić information content (AvgIpc) is 2.70. The molecular formula is C18H38Na4O11P4+4. The van der Waals surface area contributed by atoms with E-state index < -0.39 is 33.0 Å². The molecule has 0 aliphatic heterocycles. The van der Waals surface area contributed by atoms with Crippen LogP contribution in [0.25, 0.3) is 0 Å². The van der Waals surface area contributed by atoms with Gasteiger partial charge in [-0.3, -0.25) is 0 Å². The van der Waals surface area contributed by atoms with Crippen molar-refractivity contribution in [3.63, 3.8) is 0 Å². The average molecular weight is 646 g/mol. The number of aliphatic hydroxyl groups excluding tert-OH is 1. The first kappa shape index (κ1) is 56.9. The molecule has 0 fully saturated rings. The standard InChI is InChI=1S/C18H38O.4Na.2O5P2/c1-2-3-4-5-6-7-8-9-10-11-12-13-14-15-16-17-18-19;;;;;2*1-6(2)5-7(3)4/h19H,2-18H2,1H3;;;;;;/q;4*+1;;. The van der Waals surface area contributed by atoms with Gasteiger partial charge < -0.3 is 24.7 Å². The first-order valence-electron chi connectivity index (χ1n) is 11.2. The second kappa shape index (κ2) is 49.8. The van der Waals surface area contributed by atoms with Gasteiger partial charge in [0.15, 0.2) is 0 Å². The van der Waals surface area contributed by atoms with Crippen LogP contribution in [0, 0.1) is 0 Å². The van der Waals surface area contributed by atoms with Gasteiger partial charge in [-0.25, -0.2) is 0 Å². The summed E-state index contributed by atoms with van der Waals surface area (Å²) in [5.74, 6) is 0. The van der Waals surface area contributed by atoms with E-state index in [1.165, 1.54) is 96.3 Å². The Bertz CT molecular complexity index is 448. The van der Waals surface area contributed by atoms with Crippen LogP contribution in [-0.2, 0) is 26.9 Å². The number of unbranched alkanes of at least 4 members (excludes halogenated alkanes) is 15. The van der Waals surface area contributed by atoms with E-state index in [2.05, 4.69) is 15.5 Å². The Labute approximate surface area is 314 Å². The molecule has 0 saturated carbocycles. The monoisotopic (exact) mass is 646 g/mol. The second-order valence-electron chi connectivity index (χ2n) is 7.08. The van der Waals surface area contributed by atoms with E-state index in [0.717, 1.165) is 6.42 Å². The largest absolute Gasteiger partial charge is 1.00 e. The second-order valence-corrected chi connectivity index (χ2v) is 10.2. The van der Waals surface area contributed by atoms with Crippen molar-refractivity contribution in [2.75, 3.05) is 6.61 Å². The van der Waals surface area contributed by atoms with Crippen LogP contribution in [0.5, 0.6) is 0 Å². The molecule has 11 nitrogen and oxygen atoms in total. The van der Waals surface area contributed by atoms with Crippen molar-refractivity contribution >= 4 is 33.0 Å². The Balaban J connectivity index is -0.0000000840. The van der Waals surface area contributed by atoms with Crippen LogP contribution in [0.15, 0.2) is 0 Å². The Morgan fingerprint density at radius 3 is 0.784 bits per heavy atom. The van der Waals surface area contributed by atoms with Gasteiger partial charge in [-0.1, -0.05) is 103 Å². The first-order chi connectivity index (χ1) is 15.7. The number of hydrogen-bond donors (Lipinski definition) is 1. The molecule has 0 amide bonds. The van der Waals surface area contributed by atoms with E-state index in [-0.39, 0.29) is 118 Å². The summed E-state index contributed by atoms with van der Waals surface area (Å²) >= 11 is 0. The van der Waals surface area contributed by atoms with Crippen molar-refractivity contribution in [3.8, 4) is 0 Å². The van der Waals surface area contributed by atoms with Gasteiger partial charge in [-0.2, -0.15) is 0 Å². The summed E-state index contributed by atoms with van der Waals surface area (Å²) in [7, 11) is -12.9. The van der Waals surface area contributed by atoms with E-state index in [4.69, 9.17) is 5.11 Å². The summed E-state index contributed by atoms with van der Waals surface area (Å²) in [4.78, 5) is 37.0. The van der Waals surface area contributed by atoms with E-state index >= 15 is 0 Å². The van der Waals surface area contributed by atoms with E-state index in [1.54, 1.807) is 0 Å². The minimum Gasteiger partial charge on any atom is -0.563 e. The van der Waals surface area contributed by atoms with Crippen LogP contribution in [0.4, 0.5) is 0 Å². The molecule has 4 unspecified atom stereocenters. The molecule has 0 radical (unpaired) electrons. The molecule has 0 aliphatic carbocycles. The molecule has 1 N–H and O–H groups in total. The van der Waals surface area contributed by atoms with Crippen LogP contribution >= 0.6 is 33.0 Å². The van der Waals surface area contributed by atoms with Crippen molar-refractivity contribution < 1.29 is 170 Å². The molecule has 0 spiro atoms. The zero-order valence-electron chi connectivity index (χ0n) is 23.3. The third kappa shape index (κ3) is 73.7. The van der Waals surface area contributed by atoms with Gasteiger partial charge in [0, 0.05) is 6.61 Å². The zero-order chi connectivity index (χ0) is 25.7. The zero-order valence-corrected chi connectivity index (χ0v) is 34.9. The predicted octanol–water partition coefficient (Wildman–Crippen LogP) is -7.67. The molecule has 0 rings (SSSR count). The molecule has 0 aromatic carbocycles. The SMILES string of the molecule is CCCCCCCCCCCCCCCCCCO.O=[P+]([O-])O[P+](=O)[O-].O=[P+]([O-])O[P+](=O)[O-].[Na+].[Na+].[Na+].[Na+]. The van der Waals surface area contributed by atoms with Gasteiger partial charge in [-0.15, -0.1) is 0 Å². The Morgan fingerprint density at radius 2 is 0.649 bits per heavy atom. The third-order valence-corrected chi connectivity index (χ3v) is 6.41. The van der Waals surface area contributed by atoms with Crippen LogP contribution < -0.4 is 138 Å². The fraction of sp³-hybridized carbons (Fsp3) is 1.00. The van der Waals surface area contributed by atoms with Crippen molar-refractivity contribution in [2.45, 2.75) is 110 Å². The Hall–Kier alpha value is 4.12. The van der Waals surface area contributed by atoms with Crippen LogP contribution in [0.3, 0.4) is 0 Å². The molecule has 196 valence electrons. The summed E-state index contributed by atoms with van der Waals surface area (Å²) in [6, 6.07) is 0. The van der Waals surface area contributed by atoms with Crippen molar-refractivity contribution in [1.82, 2.24) is 0 Å². The quantitative estimate of drug-likeness (QED) is 0.0749. The molecule has 19 heteroatoms. The van der Waals surface area contributed by atoms with Gasteiger partial charge in [0.05, 0.1) is 0 Å². The van der Waals surface area contributed by atoms with Crippen LogP contribution in [0.1, 0.15) is 110 Å². The van der Waals surface area contributed by atoms with Crippen LogP contribution in [-0.4, -0.2) is 11.7 Å². The van der Waals surface area contributed by atoms with Gasteiger partial charge in [-0.05, 0) is 24.7 Å². The molecule has 0 aromatic heterocycles. The van der Waals surface area contributed by atoms with Crippen LogP contribution in [0.2, 0.25) is 0 Å².